The van der Waals surface area contributed by atoms with Crippen molar-refractivity contribution < 1.29 is 26.4 Å². The molecule has 0 saturated heterocycles. The standard InChI is InChI=1S/C15H12ClF3N2O3S/c16-11-2-1-3-13(8-11)25(23,24)20-9-14(22)21-12-6-4-10(5-7-12)15(17,18)19/h1-8,20H,9H2,(H,21,22). The molecule has 0 unspecified atom stereocenters. The fourth-order valence-corrected chi connectivity index (χ4v) is 3.11. The summed E-state index contributed by atoms with van der Waals surface area (Å²) in [7, 11) is -3.94. The highest BCUT2D eigenvalue weighted by Gasteiger charge is 2.30. The van der Waals surface area contributed by atoms with E-state index < -0.39 is 34.2 Å². The number of alkyl halides is 3. The van der Waals surface area contributed by atoms with E-state index in [9.17, 15) is 26.4 Å². The van der Waals surface area contributed by atoms with Gasteiger partial charge in [0.1, 0.15) is 0 Å². The molecule has 0 aliphatic rings. The van der Waals surface area contributed by atoms with Crippen LogP contribution in [0.1, 0.15) is 5.56 Å². The molecule has 0 heterocycles. The molecule has 5 nitrogen and oxygen atoms in total. The van der Waals surface area contributed by atoms with Crippen LogP contribution in [0.2, 0.25) is 5.02 Å². The summed E-state index contributed by atoms with van der Waals surface area (Å²) in [6, 6.07) is 9.24. The Hall–Kier alpha value is -2.10. The number of sulfonamides is 1. The first kappa shape index (κ1) is 19.2. The minimum absolute atomic E-state index is 0.109. The van der Waals surface area contributed by atoms with Crippen LogP contribution in [-0.4, -0.2) is 20.9 Å². The molecular formula is C15H12ClF3N2O3S. The maximum atomic E-state index is 12.5. The number of nitrogens with one attached hydrogen (secondary N) is 2. The van der Waals surface area contributed by atoms with E-state index in [-0.39, 0.29) is 15.6 Å². The summed E-state index contributed by atoms with van der Waals surface area (Å²) in [6.45, 7) is -0.587. The van der Waals surface area contributed by atoms with Crippen molar-refractivity contribution >= 4 is 33.2 Å². The van der Waals surface area contributed by atoms with Crippen molar-refractivity contribution in [3.8, 4) is 0 Å². The van der Waals surface area contributed by atoms with Gasteiger partial charge in [0, 0.05) is 10.7 Å². The molecule has 10 heteroatoms. The van der Waals surface area contributed by atoms with Gasteiger partial charge in [0.2, 0.25) is 15.9 Å². The van der Waals surface area contributed by atoms with Crippen molar-refractivity contribution in [1.82, 2.24) is 4.72 Å². The van der Waals surface area contributed by atoms with E-state index in [1.54, 1.807) is 0 Å². The van der Waals surface area contributed by atoms with E-state index in [0.29, 0.717) is 0 Å². The number of hydrogen-bond acceptors (Lipinski definition) is 3. The van der Waals surface area contributed by atoms with Crippen LogP contribution in [0.5, 0.6) is 0 Å². The molecular weight excluding hydrogens is 381 g/mol. The van der Waals surface area contributed by atoms with Gasteiger partial charge in [-0.05, 0) is 42.5 Å². The van der Waals surface area contributed by atoms with E-state index in [2.05, 4.69) is 10.0 Å². The quantitative estimate of drug-likeness (QED) is 0.820. The van der Waals surface area contributed by atoms with Gasteiger partial charge < -0.3 is 5.32 Å². The Morgan fingerprint density at radius 2 is 1.72 bits per heavy atom. The normalized spacial score (nSPS) is 12.0. The summed E-state index contributed by atoms with van der Waals surface area (Å²) >= 11 is 5.71. The predicted molar refractivity (Wildman–Crippen MR) is 86.7 cm³/mol. The maximum Gasteiger partial charge on any atom is 0.416 e. The second-order valence-corrected chi connectivity index (χ2v) is 7.11. The van der Waals surface area contributed by atoms with Gasteiger partial charge in [-0.1, -0.05) is 17.7 Å². The van der Waals surface area contributed by atoms with Crippen molar-refractivity contribution in [3.63, 3.8) is 0 Å². The highest BCUT2D eigenvalue weighted by molar-refractivity contribution is 7.89. The minimum Gasteiger partial charge on any atom is -0.325 e. The third-order valence-electron chi connectivity index (χ3n) is 3.03. The number of carbonyl (C=O) groups is 1. The zero-order valence-corrected chi connectivity index (χ0v) is 14.0. The summed E-state index contributed by atoms with van der Waals surface area (Å²) in [4.78, 5) is 11.6. The van der Waals surface area contributed by atoms with Crippen molar-refractivity contribution in [2.45, 2.75) is 11.1 Å². The SMILES string of the molecule is O=C(CNS(=O)(=O)c1cccc(Cl)c1)Nc1ccc(C(F)(F)F)cc1. The highest BCUT2D eigenvalue weighted by Crippen LogP contribution is 2.29. The van der Waals surface area contributed by atoms with Crippen LogP contribution in [0.25, 0.3) is 0 Å². The first-order chi connectivity index (χ1) is 11.6. The zero-order chi connectivity index (χ0) is 18.7. The van der Waals surface area contributed by atoms with Gasteiger partial charge in [-0.2, -0.15) is 13.2 Å². The van der Waals surface area contributed by atoms with Crippen molar-refractivity contribution in [2.24, 2.45) is 0 Å². The molecule has 2 rings (SSSR count). The lowest BCUT2D eigenvalue weighted by Crippen LogP contribution is -2.32. The molecule has 0 aliphatic heterocycles. The minimum atomic E-state index is -4.48. The van der Waals surface area contributed by atoms with Gasteiger partial charge in [-0.15, -0.1) is 0 Å². The van der Waals surface area contributed by atoms with Gasteiger partial charge in [-0.25, -0.2) is 13.1 Å². The van der Waals surface area contributed by atoms with Crippen molar-refractivity contribution in [2.75, 3.05) is 11.9 Å². The lowest BCUT2D eigenvalue weighted by Gasteiger charge is -2.10. The predicted octanol–water partition coefficient (Wildman–Crippen LogP) is 3.28. The molecule has 0 bridgehead atoms. The highest BCUT2D eigenvalue weighted by atomic mass is 35.5. The number of carbonyl (C=O) groups excluding carboxylic acids is 1. The molecule has 0 atom stereocenters. The van der Waals surface area contributed by atoms with Gasteiger partial charge >= 0.3 is 6.18 Å². The van der Waals surface area contributed by atoms with Crippen molar-refractivity contribution in [1.29, 1.82) is 0 Å². The molecule has 0 aromatic heterocycles. The molecule has 0 fully saturated rings. The Bertz CT molecular complexity index is 868. The van der Waals surface area contributed by atoms with Crippen LogP contribution in [0, 0.1) is 0 Å². The summed E-state index contributed by atoms with van der Waals surface area (Å²) in [5.74, 6) is -0.731. The van der Waals surface area contributed by atoms with Crippen LogP contribution in [0.3, 0.4) is 0 Å². The van der Waals surface area contributed by atoms with Crippen LogP contribution in [0.15, 0.2) is 53.4 Å². The maximum absolute atomic E-state index is 12.5. The van der Waals surface area contributed by atoms with E-state index in [1.807, 2.05) is 0 Å². The number of anilines is 1. The van der Waals surface area contributed by atoms with E-state index in [4.69, 9.17) is 11.6 Å². The summed E-state index contributed by atoms with van der Waals surface area (Å²) < 4.78 is 63.5. The number of hydrogen-bond donors (Lipinski definition) is 2. The molecule has 0 radical (unpaired) electrons. The molecule has 0 aliphatic carbocycles. The van der Waals surface area contributed by atoms with Gasteiger partial charge in [0.05, 0.1) is 17.0 Å². The number of amides is 1. The summed E-state index contributed by atoms with van der Waals surface area (Å²) in [6.07, 6.45) is -4.48. The monoisotopic (exact) mass is 392 g/mol. The second-order valence-electron chi connectivity index (χ2n) is 4.91. The number of halogens is 4. The summed E-state index contributed by atoms with van der Waals surface area (Å²) in [5, 5.41) is 2.52. The lowest BCUT2D eigenvalue weighted by molar-refractivity contribution is -0.137. The van der Waals surface area contributed by atoms with Gasteiger partial charge in [0.15, 0.2) is 0 Å². The fraction of sp³-hybridized carbons (Fsp3) is 0.133. The lowest BCUT2D eigenvalue weighted by atomic mass is 10.2. The molecule has 1 amide bonds. The van der Waals surface area contributed by atoms with Gasteiger partial charge in [0.25, 0.3) is 0 Å². The Balaban J connectivity index is 1.96. The second kappa shape index (κ2) is 7.42. The third-order valence-corrected chi connectivity index (χ3v) is 4.66. The molecule has 25 heavy (non-hydrogen) atoms. The van der Waals surface area contributed by atoms with Crippen LogP contribution in [-0.2, 0) is 21.0 Å². The molecule has 0 spiro atoms. The molecule has 134 valence electrons. The topological polar surface area (TPSA) is 75.3 Å². The number of rotatable bonds is 5. The summed E-state index contributed by atoms with van der Waals surface area (Å²) in [5.41, 5.74) is -0.743. The Morgan fingerprint density at radius 1 is 1.08 bits per heavy atom. The molecule has 2 aromatic carbocycles. The van der Waals surface area contributed by atoms with Crippen LogP contribution in [0.4, 0.5) is 18.9 Å². The van der Waals surface area contributed by atoms with Crippen molar-refractivity contribution in [3.05, 3.63) is 59.1 Å². The zero-order valence-electron chi connectivity index (χ0n) is 12.5. The van der Waals surface area contributed by atoms with E-state index in [0.717, 1.165) is 24.3 Å². The van der Waals surface area contributed by atoms with Gasteiger partial charge in [-0.3, -0.25) is 4.79 Å². The first-order valence-corrected chi connectivity index (χ1v) is 8.66. The average Bonchev–Trinajstić information content (AvgIpc) is 2.53. The fourth-order valence-electron chi connectivity index (χ4n) is 1.83. The Labute approximate surface area is 146 Å². The molecule has 0 saturated carbocycles. The van der Waals surface area contributed by atoms with Crippen LogP contribution >= 0.6 is 11.6 Å². The first-order valence-electron chi connectivity index (χ1n) is 6.80. The Morgan fingerprint density at radius 3 is 2.28 bits per heavy atom. The third kappa shape index (κ3) is 5.45. The smallest absolute Gasteiger partial charge is 0.325 e. The molecule has 2 aromatic rings. The average molecular weight is 393 g/mol. The Kier molecular flexibility index (Phi) is 5.71. The van der Waals surface area contributed by atoms with Crippen LogP contribution < -0.4 is 10.0 Å². The number of benzene rings is 2. The van der Waals surface area contributed by atoms with E-state index >= 15 is 0 Å². The molecule has 2 N–H and O–H groups in total. The van der Waals surface area contributed by atoms with E-state index in [1.165, 1.54) is 24.3 Å². The largest absolute Gasteiger partial charge is 0.416 e.